The molecule has 1 N–H and O–H groups in total. The number of rotatable bonds is 8. The summed E-state index contributed by atoms with van der Waals surface area (Å²) in [5, 5.41) is 12.2. The molecule has 0 amide bonds. The Bertz CT molecular complexity index is 299. The molecule has 4 nitrogen and oxygen atoms in total. The molecule has 1 rings (SSSR count). The van der Waals surface area contributed by atoms with E-state index in [1.807, 2.05) is 14.0 Å². The minimum Gasteiger partial charge on any atom is -0.305 e. The van der Waals surface area contributed by atoms with Gasteiger partial charge in [0.1, 0.15) is 5.54 Å². The van der Waals surface area contributed by atoms with Crippen molar-refractivity contribution < 1.29 is 0 Å². The lowest BCUT2D eigenvalue weighted by atomic mass is 9.97. The zero-order valence-electron chi connectivity index (χ0n) is 13.1. The second kappa shape index (κ2) is 7.84. The Balaban J connectivity index is 2.14. The highest BCUT2D eigenvalue weighted by Crippen LogP contribution is 2.16. The van der Waals surface area contributed by atoms with Gasteiger partial charge in [0.25, 0.3) is 0 Å². The van der Waals surface area contributed by atoms with Gasteiger partial charge in [0.05, 0.1) is 6.07 Å². The van der Waals surface area contributed by atoms with E-state index in [4.69, 9.17) is 5.26 Å². The van der Waals surface area contributed by atoms with Gasteiger partial charge in [-0.1, -0.05) is 0 Å². The molecule has 110 valence electrons. The molecule has 2 unspecified atom stereocenters. The monoisotopic (exact) mass is 266 g/mol. The van der Waals surface area contributed by atoms with Gasteiger partial charge in [-0.05, 0) is 73.3 Å². The van der Waals surface area contributed by atoms with Crippen LogP contribution in [0.25, 0.3) is 0 Å². The average Bonchev–Trinajstić information content (AvgIpc) is 2.80. The van der Waals surface area contributed by atoms with E-state index in [-0.39, 0.29) is 5.54 Å². The molecule has 0 saturated carbocycles. The highest BCUT2D eigenvalue weighted by atomic mass is 15.2. The fraction of sp³-hybridized carbons (Fsp3) is 0.933. The summed E-state index contributed by atoms with van der Waals surface area (Å²) in [6, 6.07) is 3.09. The predicted octanol–water partition coefficient (Wildman–Crippen LogP) is 1.68. The molecular formula is C15H30N4. The Labute approximate surface area is 118 Å². The lowest BCUT2D eigenvalue weighted by Crippen LogP contribution is -2.38. The van der Waals surface area contributed by atoms with Gasteiger partial charge in [0, 0.05) is 12.6 Å². The van der Waals surface area contributed by atoms with Crippen LogP contribution in [-0.2, 0) is 0 Å². The highest BCUT2D eigenvalue weighted by molar-refractivity contribution is 5.02. The number of nitriles is 1. The first-order chi connectivity index (χ1) is 9.00. The molecule has 1 aliphatic heterocycles. The van der Waals surface area contributed by atoms with E-state index < -0.39 is 0 Å². The summed E-state index contributed by atoms with van der Waals surface area (Å²) in [4.78, 5) is 4.92. The predicted molar refractivity (Wildman–Crippen MR) is 80.1 cm³/mol. The van der Waals surface area contributed by atoms with Crippen LogP contribution in [0.2, 0.25) is 0 Å². The minimum absolute atomic E-state index is 0.357. The van der Waals surface area contributed by atoms with E-state index in [9.17, 15) is 0 Å². The molecule has 0 aromatic carbocycles. The van der Waals surface area contributed by atoms with Gasteiger partial charge in [0.15, 0.2) is 0 Å². The molecule has 0 bridgehead atoms. The van der Waals surface area contributed by atoms with E-state index in [0.717, 1.165) is 25.4 Å². The molecule has 1 heterocycles. The summed E-state index contributed by atoms with van der Waals surface area (Å²) in [5.74, 6) is 0. The summed E-state index contributed by atoms with van der Waals surface area (Å²) in [6.45, 7) is 5.54. The van der Waals surface area contributed by atoms with E-state index >= 15 is 0 Å². The van der Waals surface area contributed by atoms with Crippen molar-refractivity contribution in [2.24, 2.45) is 0 Å². The topological polar surface area (TPSA) is 42.3 Å². The SMILES string of the molecule is CNC(C)(C#N)CCCCN(C)CC1CCCN1C. The molecule has 1 aliphatic rings. The van der Waals surface area contributed by atoms with Gasteiger partial charge in [-0.2, -0.15) is 5.26 Å². The molecule has 19 heavy (non-hydrogen) atoms. The molecule has 0 radical (unpaired) electrons. The lowest BCUT2D eigenvalue weighted by Gasteiger charge is -2.26. The minimum atomic E-state index is -0.357. The molecule has 2 atom stereocenters. The number of unbranched alkanes of at least 4 members (excludes halogenated alkanes) is 1. The summed E-state index contributed by atoms with van der Waals surface area (Å²) in [6.07, 6.45) is 5.89. The zero-order valence-corrected chi connectivity index (χ0v) is 13.1. The van der Waals surface area contributed by atoms with Crippen LogP contribution in [0.4, 0.5) is 0 Å². The third-order valence-electron chi connectivity index (χ3n) is 4.46. The number of likely N-dealkylation sites (tertiary alicyclic amines) is 1. The van der Waals surface area contributed by atoms with Crippen LogP contribution >= 0.6 is 0 Å². The van der Waals surface area contributed by atoms with Crippen molar-refractivity contribution in [3.63, 3.8) is 0 Å². The Hall–Kier alpha value is -0.630. The van der Waals surface area contributed by atoms with E-state index in [2.05, 4.69) is 35.3 Å². The number of hydrogen-bond donors (Lipinski definition) is 1. The Morgan fingerprint density at radius 3 is 2.74 bits per heavy atom. The van der Waals surface area contributed by atoms with Crippen LogP contribution in [0.3, 0.4) is 0 Å². The van der Waals surface area contributed by atoms with Crippen molar-refractivity contribution in [1.82, 2.24) is 15.1 Å². The summed E-state index contributed by atoms with van der Waals surface area (Å²) in [5.41, 5.74) is -0.357. The van der Waals surface area contributed by atoms with Crippen LogP contribution in [0.1, 0.15) is 39.0 Å². The van der Waals surface area contributed by atoms with Gasteiger partial charge in [-0.3, -0.25) is 0 Å². The van der Waals surface area contributed by atoms with Gasteiger partial charge >= 0.3 is 0 Å². The maximum absolute atomic E-state index is 9.08. The van der Waals surface area contributed by atoms with Crippen molar-refractivity contribution in [2.75, 3.05) is 40.8 Å². The summed E-state index contributed by atoms with van der Waals surface area (Å²) in [7, 11) is 6.32. The largest absolute Gasteiger partial charge is 0.305 e. The maximum atomic E-state index is 9.08. The van der Waals surface area contributed by atoms with Crippen molar-refractivity contribution in [3.8, 4) is 6.07 Å². The van der Waals surface area contributed by atoms with Crippen molar-refractivity contribution in [2.45, 2.75) is 50.6 Å². The van der Waals surface area contributed by atoms with Crippen LogP contribution in [0.5, 0.6) is 0 Å². The van der Waals surface area contributed by atoms with Crippen molar-refractivity contribution >= 4 is 0 Å². The number of nitrogens with one attached hydrogen (secondary N) is 1. The van der Waals surface area contributed by atoms with E-state index in [0.29, 0.717) is 0 Å². The first kappa shape index (κ1) is 16.4. The summed E-state index contributed by atoms with van der Waals surface area (Å²) >= 11 is 0. The Morgan fingerprint density at radius 1 is 1.47 bits per heavy atom. The van der Waals surface area contributed by atoms with Crippen LogP contribution in [-0.4, -0.2) is 62.2 Å². The number of hydrogen-bond acceptors (Lipinski definition) is 4. The molecule has 0 aliphatic carbocycles. The Morgan fingerprint density at radius 2 is 2.21 bits per heavy atom. The van der Waals surface area contributed by atoms with E-state index in [1.54, 1.807) is 0 Å². The first-order valence-electron chi connectivity index (χ1n) is 7.49. The smallest absolute Gasteiger partial charge is 0.103 e. The summed E-state index contributed by atoms with van der Waals surface area (Å²) < 4.78 is 0. The van der Waals surface area contributed by atoms with Gasteiger partial charge in [-0.15, -0.1) is 0 Å². The fourth-order valence-electron chi connectivity index (χ4n) is 2.76. The maximum Gasteiger partial charge on any atom is 0.103 e. The van der Waals surface area contributed by atoms with Crippen molar-refractivity contribution in [3.05, 3.63) is 0 Å². The standard InChI is InChI=1S/C15H30N4/c1-15(13-16,17-2)9-5-6-10-18(3)12-14-8-7-11-19(14)4/h14,17H,5-12H2,1-4H3. The fourth-order valence-corrected chi connectivity index (χ4v) is 2.76. The molecule has 4 heteroatoms. The van der Waals surface area contributed by atoms with Gasteiger partial charge < -0.3 is 15.1 Å². The molecule has 0 aromatic rings. The van der Waals surface area contributed by atoms with Gasteiger partial charge in [-0.25, -0.2) is 0 Å². The third kappa shape index (κ3) is 5.48. The number of nitrogens with zero attached hydrogens (tertiary/aromatic N) is 3. The quantitative estimate of drug-likeness (QED) is 0.679. The number of likely N-dealkylation sites (N-methyl/N-ethyl adjacent to an activating group) is 2. The van der Waals surface area contributed by atoms with Crippen LogP contribution in [0, 0.1) is 11.3 Å². The molecular weight excluding hydrogens is 236 g/mol. The first-order valence-corrected chi connectivity index (χ1v) is 7.49. The molecule has 0 aromatic heterocycles. The molecule has 0 spiro atoms. The zero-order chi connectivity index (χ0) is 14.3. The van der Waals surface area contributed by atoms with Crippen molar-refractivity contribution in [1.29, 1.82) is 5.26 Å². The highest BCUT2D eigenvalue weighted by Gasteiger charge is 2.22. The third-order valence-corrected chi connectivity index (χ3v) is 4.46. The molecule has 1 saturated heterocycles. The van der Waals surface area contributed by atoms with Gasteiger partial charge in [0.2, 0.25) is 0 Å². The van der Waals surface area contributed by atoms with E-state index in [1.165, 1.54) is 32.4 Å². The normalized spacial score (nSPS) is 23.5. The second-order valence-electron chi connectivity index (χ2n) is 6.19. The lowest BCUT2D eigenvalue weighted by molar-refractivity contribution is 0.216. The Kier molecular flexibility index (Phi) is 6.78. The average molecular weight is 266 g/mol. The van der Waals surface area contributed by atoms with Crippen LogP contribution < -0.4 is 5.32 Å². The van der Waals surface area contributed by atoms with Crippen LogP contribution in [0.15, 0.2) is 0 Å². The molecule has 1 fully saturated rings. The second-order valence-corrected chi connectivity index (χ2v) is 6.19.